The van der Waals surface area contributed by atoms with E-state index in [-0.39, 0.29) is 35.0 Å². The van der Waals surface area contributed by atoms with E-state index in [4.69, 9.17) is 14.2 Å². The third-order valence-electron chi connectivity index (χ3n) is 9.89. The summed E-state index contributed by atoms with van der Waals surface area (Å²) >= 11 is 0. The first-order valence-electron chi connectivity index (χ1n) is 13.7. The molecule has 194 valence electrons. The minimum Gasteiger partial charge on any atom is -0.488 e. The number of carbonyl (C=O) groups excluding carboxylic acids is 1. The SMILES string of the molecule is CC1CCN(C(=O)C[C@H]2[C@H](O)CC[C@H]3[C@]4(C)CO[C@@H](COc5ccccc5)O[C@H]4CC[C@]32C)CC1. The number of aliphatic hydroxyl groups excluding tert-OH is 1. The van der Waals surface area contributed by atoms with E-state index in [0.717, 1.165) is 57.4 Å². The second kappa shape index (κ2) is 10.0. The summed E-state index contributed by atoms with van der Waals surface area (Å²) in [5.41, 5.74) is -0.222. The van der Waals surface area contributed by atoms with Crippen LogP contribution in [0.4, 0.5) is 0 Å². The van der Waals surface area contributed by atoms with E-state index in [1.165, 1.54) is 0 Å². The molecular formula is C29H43NO5. The van der Waals surface area contributed by atoms with Gasteiger partial charge < -0.3 is 24.2 Å². The van der Waals surface area contributed by atoms with Crippen LogP contribution in [0.25, 0.3) is 0 Å². The number of amides is 1. The normalized spacial score (nSPS) is 40.0. The minimum atomic E-state index is -0.415. The van der Waals surface area contributed by atoms with Crippen molar-refractivity contribution in [2.24, 2.45) is 28.6 Å². The highest BCUT2D eigenvalue weighted by Crippen LogP contribution is 2.62. The van der Waals surface area contributed by atoms with Crippen LogP contribution in [0.3, 0.4) is 0 Å². The van der Waals surface area contributed by atoms with E-state index in [1.807, 2.05) is 35.2 Å². The summed E-state index contributed by atoms with van der Waals surface area (Å²) in [7, 11) is 0. The van der Waals surface area contributed by atoms with Crippen LogP contribution in [0.2, 0.25) is 0 Å². The maximum absolute atomic E-state index is 13.3. The summed E-state index contributed by atoms with van der Waals surface area (Å²) in [5, 5.41) is 11.1. The molecule has 2 aliphatic heterocycles. The van der Waals surface area contributed by atoms with Gasteiger partial charge in [0.15, 0.2) is 6.29 Å². The molecule has 5 rings (SSSR count). The maximum Gasteiger partial charge on any atom is 0.222 e. The van der Waals surface area contributed by atoms with Gasteiger partial charge in [-0.05, 0) is 73.8 Å². The van der Waals surface area contributed by atoms with Crippen molar-refractivity contribution in [2.45, 2.75) is 84.2 Å². The number of ether oxygens (including phenoxy) is 3. The zero-order valence-electron chi connectivity index (χ0n) is 21.7. The van der Waals surface area contributed by atoms with Crippen molar-refractivity contribution < 1.29 is 24.1 Å². The molecule has 0 bridgehead atoms. The Morgan fingerprint density at radius 1 is 1.09 bits per heavy atom. The van der Waals surface area contributed by atoms with Gasteiger partial charge in [-0.25, -0.2) is 0 Å². The molecule has 6 nitrogen and oxygen atoms in total. The molecule has 1 N–H and O–H groups in total. The highest BCUT2D eigenvalue weighted by Gasteiger charge is 2.61. The number of hydrogen-bond acceptors (Lipinski definition) is 5. The average molecular weight is 486 g/mol. The van der Waals surface area contributed by atoms with Crippen molar-refractivity contribution in [1.29, 1.82) is 0 Å². The molecule has 2 heterocycles. The second-order valence-electron chi connectivity index (χ2n) is 12.1. The second-order valence-corrected chi connectivity index (χ2v) is 12.1. The van der Waals surface area contributed by atoms with Crippen LogP contribution in [0, 0.1) is 28.6 Å². The number of piperidine rings is 1. The topological polar surface area (TPSA) is 68.2 Å². The lowest BCUT2D eigenvalue weighted by Gasteiger charge is -2.63. The average Bonchev–Trinajstić information content (AvgIpc) is 2.86. The third kappa shape index (κ3) is 4.86. The van der Waals surface area contributed by atoms with E-state index in [2.05, 4.69) is 20.8 Å². The van der Waals surface area contributed by atoms with Gasteiger partial charge in [0, 0.05) is 24.9 Å². The number of aliphatic hydroxyl groups is 1. The van der Waals surface area contributed by atoms with E-state index in [0.29, 0.717) is 31.5 Å². The molecule has 1 aromatic carbocycles. The molecule has 4 fully saturated rings. The minimum absolute atomic E-state index is 0.00925. The van der Waals surface area contributed by atoms with Crippen molar-refractivity contribution in [2.75, 3.05) is 26.3 Å². The number of para-hydroxylation sites is 1. The van der Waals surface area contributed by atoms with Gasteiger partial charge in [-0.2, -0.15) is 0 Å². The lowest BCUT2D eigenvalue weighted by Crippen LogP contribution is -2.63. The molecule has 0 aromatic heterocycles. The Morgan fingerprint density at radius 3 is 2.57 bits per heavy atom. The molecule has 35 heavy (non-hydrogen) atoms. The monoisotopic (exact) mass is 485 g/mol. The van der Waals surface area contributed by atoms with Gasteiger partial charge in [-0.1, -0.05) is 39.0 Å². The number of fused-ring (bicyclic) bond motifs is 3. The Balaban J connectivity index is 1.25. The fourth-order valence-corrected chi connectivity index (χ4v) is 7.63. The summed E-state index contributed by atoms with van der Waals surface area (Å²) in [6.07, 6.45) is 5.54. The summed E-state index contributed by atoms with van der Waals surface area (Å²) < 4.78 is 18.6. The van der Waals surface area contributed by atoms with Crippen LogP contribution in [-0.2, 0) is 14.3 Å². The predicted molar refractivity (Wildman–Crippen MR) is 134 cm³/mol. The molecule has 1 amide bonds. The zero-order valence-corrected chi connectivity index (χ0v) is 21.7. The number of carbonyl (C=O) groups is 1. The first-order chi connectivity index (χ1) is 16.8. The number of benzene rings is 1. The molecule has 2 saturated carbocycles. The summed E-state index contributed by atoms with van der Waals surface area (Å²) in [6, 6.07) is 9.78. The van der Waals surface area contributed by atoms with Crippen LogP contribution in [0.1, 0.15) is 65.7 Å². The van der Waals surface area contributed by atoms with Gasteiger partial charge in [0.05, 0.1) is 18.8 Å². The van der Waals surface area contributed by atoms with Gasteiger partial charge in [0.1, 0.15) is 12.4 Å². The van der Waals surface area contributed by atoms with Crippen molar-refractivity contribution in [3.05, 3.63) is 30.3 Å². The van der Waals surface area contributed by atoms with Crippen LogP contribution in [0.5, 0.6) is 5.75 Å². The van der Waals surface area contributed by atoms with Crippen LogP contribution in [0.15, 0.2) is 30.3 Å². The lowest BCUT2D eigenvalue weighted by molar-refractivity contribution is -0.313. The Labute approximate surface area is 210 Å². The van der Waals surface area contributed by atoms with Crippen molar-refractivity contribution >= 4 is 5.91 Å². The molecule has 6 heteroatoms. The molecule has 0 radical (unpaired) electrons. The van der Waals surface area contributed by atoms with E-state index in [1.54, 1.807) is 0 Å². The van der Waals surface area contributed by atoms with Gasteiger partial charge in [0.25, 0.3) is 0 Å². The Bertz CT molecular complexity index is 871. The molecule has 2 saturated heterocycles. The number of nitrogens with zero attached hydrogens (tertiary/aromatic N) is 1. The number of rotatable bonds is 5. The van der Waals surface area contributed by atoms with Gasteiger partial charge in [-0.15, -0.1) is 0 Å². The van der Waals surface area contributed by atoms with Crippen molar-refractivity contribution in [3.8, 4) is 5.75 Å². The molecule has 0 spiro atoms. The fraction of sp³-hybridized carbons (Fsp3) is 0.759. The van der Waals surface area contributed by atoms with Gasteiger partial charge >= 0.3 is 0 Å². The molecular weight excluding hydrogens is 442 g/mol. The fourth-order valence-electron chi connectivity index (χ4n) is 7.63. The Kier molecular flexibility index (Phi) is 7.17. The largest absolute Gasteiger partial charge is 0.488 e. The molecule has 0 unspecified atom stereocenters. The third-order valence-corrected chi connectivity index (χ3v) is 9.89. The maximum atomic E-state index is 13.3. The van der Waals surface area contributed by atoms with Crippen LogP contribution >= 0.6 is 0 Å². The Morgan fingerprint density at radius 2 is 1.83 bits per heavy atom. The molecule has 7 atom stereocenters. The smallest absolute Gasteiger partial charge is 0.222 e. The standard InChI is InChI=1S/C29H43NO5/c1-20-12-15-30(16-13-20)26(32)17-22-23(31)9-10-24-28(22,2)14-11-25-29(24,3)19-34-27(35-25)18-33-21-7-5-4-6-8-21/h4-8,20,22-25,27,31H,9-19H2,1-3H3/t22-,23+,24+,25-,27+,28-,29-/m0/s1. The van der Waals surface area contributed by atoms with Crippen LogP contribution < -0.4 is 4.74 Å². The number of likely N-dealkylation sites (tertiary alicyclic amines) is 1. The highest BCUT2D eigenvalue weighted by molar-refractivity contribution is 5.76. The summed E-state index contributed by atoms with van der Waals surface area (Å²) in [6.45, 7) is 9.61. The van der Waals surface area contributed by atoms with E-state index >= 15 is 0 Å². The van der Waals surface area contributed by atoms with Gasteiger partial charge in [-0.3, -0.25) is 4.79 Å². The van der Waals surface area contributed by atoms with Crippen LogP contribution in [-0.4, -0.2) is 60.7 Å². The number of hydrogen-bond donors (Lipinski definition) is 1. The predicted octanol–water partition coefficient (Wildman–Crippen LogP) is 4.65. The van der Waals surface area contributed by atoms with Gasteiger partial charge in [0.2, 0.25) is 5.91 Å². The first-order valence-corrected chi connectivity index (χ1v) is 13.7. The zero-order chi connectivity index (χ0) is 24.6. The first kappa shape index (κ1) is 25.0. The lowest BCUT2D eigenvalue weighted by atomic mass is 9.46. The van der Waals surface area contributed by atoms with Crippen molar-refractivity contribution in [3.63, 3.8) is 0 Å². The summed E-state index contributed by atoms with van der Waals surface area (Å²) in [4.78, 5) is 15.3. The quantitative estimate of drug-likeness (QED) is 0.658. The van der Waals surface area contributed by atoms with Crippen molar-refractivity contribution in [1.82, 2.24) is 4.90 Å². The summed E-state index contributed by atoms with van der Waals surface area (Å²) in [5.74, 6) is 2.09. The van der Waals surface area contributed by atoms with E-state index < -0.39 is 6.10 Å². The molecule has 2 aliphatic carbocycles. The Hall–Kier alpha value is -1.63. The molecule has 4 aliphatic rings. The highest BCUT2D eigenvalue weighted by atomic mass is 16.7. The molecule has 1 aromatic rings. The van der Waals surface area contributed by atoms with E-state index in [9.17, 15) is 9.90 Å².